The van der Waals surface area contributed by atoms with Crippen molar-refractivity contribution in [2.75, 3.05) is 0 Å². The van der Waals surface area contributed by atoms with Crippen LogP contribution in [0.15, 0.2) is 158 Å². The monoisotopic (exact) mass is 533 g/mol. The molecule has 0 spiro atoms. The number of rotatable bonds is 10. The number of nitrogens with zero attached hydrogens (tertiary/aromatic N) is 2. The van der Waals surface area contributed by atoms with Crippen LogP contribution in [0.1, 0.15) is 22.3 Å². The second-order valence-corrected chi connectivity index (χ2v) is 10.5. The maximum absolute atomic E-state index is 3.53. The van der Waals surface area contributed by atoms with Gasteiger partial charge in [-0.05, 0) is 33.4 Å². The molecule has 4 aromatic carbocycles. The highest BCUT2D eigenvalue weighted by molar-refractivity contribution is 5.64. The summed E-state index contributed by atoms with van der Waals surface area (Å²) in [5.74, 6) is 0. The molecule has 6 aromatic rings. The van der Waals surface area contributed by atoms with Gasteiger partial charge in [0.2, 0.25) is 0 Å². The topological polar surface area (TPSA) is 19.8 Å². The zero-order valence-corrected chi connectivity index (χ0v) is 23.2. The minimum absolute atomic E-state index is 0.846. The Hall–Kier alpha value is -4.86. The SMILES string of the molecule is c1ccc(CNCc2ccc(-c3ccc(C[n+]4ccc(-c5cc[n+](Cc6ccccc6)cc5)cc4)cc3)cc2)cc1. The summed E-state index contributed by atoms with van der Waals surface area (Å²) in [6.07, 6.45) is 8.64. The first-order valence-electron chi connectivity index (χ1n) is 14.2. The molecule has 2 aromatic heterocycles. The van der Waals surface area contributed by atoms with Crippen LogP contribution in [0, 0.1) is 0 Å². The van der Waals surface area contributed by atoms with Gasteiger partial charge in [0.1, 0.15) is 0 Å². The zero-order valence-electron chi connectivity index (χ0n) is 23.2. The maximum Gasteiger partial charge on any atom is 0.173 e. The van der Waals surface area contributed by atoms with Gasteiger partial charge in [-0.15, -0.1) is 0 Å². The van der Waals surface area contributed by atoms with E-state index in [0.29, 0.717) is 0 Å². The molecular weight excluding hydrogens is 498 g/mol. The molecule has 3 nitrogen and oxygen atoms in total. The molecule has 41 heavy (non-hydrogen) atoms. The van der Waals surface area contributed by atoms with E-state index in [0.717, 1.165) is 26.2 Å². The quantitative estimate of drug-likeness (QED) is 0.188. The van der Waals surface area contributed by atoms with Crippen molar-refractivity contribution in [3.05, 3.63) is 181 Å². The molecule has 0 bridgehead atoms. The first-order valence-corrected chi connectivity index (χ1v) is 14.2. The molecule has 2 heterocycles. The molecule has 0 saturated carbocycles. The van der Waals surface area contributed by atoms with Crippen molar-refractivity contribution in [2.45, 2.75) is 26.2 Å². The van der Waals surface area contributed by atoms with Crippen molar-refractivity contribution < 1.29 is 9.13 Å². The van der Waals surface area contributed by atoms with E-state index >= 15 is 0 Å². The van der Waals surface area contributed by atoms with Crippen LogP contribution in [-0.4, -0.2) is 0 Å². The molecule has 0 aliphatic carbocycles. The molecule has 1 N–H and O–H groups in total. The van der Waals surface area contributed by atoms with Crippen LogP contribution >= 0.6 is 0 Å². The van der Waals surface area contributed by atoms with Crippen molar-refractivity contribution in [1.29, 1.82) is 0 Å². The first-order chi connectivity index (χ1) is 20.3. The Labute approximate surface area is 243 Å². The van der Waals surface area contributed by atoms with Gasteiger partial charge in [0, 0.05) is 48.5 Å². The van der Waals surface area contributed by atoms with Crippen LogP contribution < -0.4 is 14.5 Å². The number of aromatic nitrogens is 2. The van der Waals surface area contributed by atoms with Gasteiger partial charge in [-0.25, -0.2) is 9.13 Å². The number of hydrogen-bond donors (Lipinski definition) is 1. The highest BCUT2D eigenvalue weighted by atomic mass is 14.9. The van der Waals surface area contributed by atoms with Crippen molar-refractivity contribution >= 4 is 0 Å². The normalized spacial score (nSPS) is 10.9. The van der Waals surface area contributed by atoms with Crippen molar-refractivity contribution in [2.24, 2.45) is 0 Å². The van der Waals surface area contributed by atoms with Gasteiger partial charge in [-0.1, -0.05) is 109 Å². The molecule has 0 amide bonds. The van der Waals surface area contributed by atoms with Gasteiger partial charge in [-0.3, -0.25) is 0 Å². The van der Waals surface area contributed by atoms with E-state index < -0.39 is 0 Å². The number of nitrogens with one attached hydrogen (secondary N) is 1. The molecule has 0 aliphatic heterocycles. The summed E-state index contributed by atoms with van der Waals surface area (Å²) in [6, 6.07) is 47.6. The highest BCUT2D eigenvalue weighted by Crippen LogP contribution is 2.21. The molecule has 3 heteroatoms. The number of benzene rings is 4. The molecule has 200 valence electrons. The predicted molar refractivity (Wildman–Crippen MR) is 166 cm³/mol. The second-order valence-electron chi connectivity index (χ2n) is 10.5. The van der Waals surface area contributed by atoms with E-state index in [-0.39, 0.29) is 0 Å². The summed E-state index contributed by atoms with van der Waals surface area (Å²) in [5.41, 5.74) is 10.1. The zero-order chi connectivity index (χ0) is 27.7. The van der Waals surface area contributed by atoms with Crippen molar-refractivity contribution in [3.63, 3.8) is 0 Å². The van der Waals surface area contributed by atoms with Gasteiger partial charge in [0.25, 0.3) is 0 Å². The van der Waals surface area contributed by atoms with E-state index in [1.165, 1.54) is 44.5 Å². The Morgan fingerprint density at radius 2 is 0.683 bits per heavy atom. The Kier molecular flexibility index (Phi) is 8.36. The van der Waals surface area contributed by atoms with E-state index in [9.17, 15) is 0 Å². The minimum atomic E-state index is 0.846. The Morgan fingerprint density at radius 3 is 1.15 bits per heavy atom. The molecule has 0 unspecified atom stereocenters. The van der Waals surface area contributed by atoms with E-state index in [1.54, 1.807) is 0 Å². The lowest BCUT2D eigenvalue weighted by atomic mass is 10.0. The van der Waals surface area contributed by atoms with E-state index in [4.69, 9.17) is 0 Å². The molecule has 0 fully saturated rings. The summed E-state index contributed by atoms with van der Waals surface area (Å²) >= 11 is 0. The third-order valence-corrected chi connectivity index (χ3v) is 7.43. The van der Waals surface area contributed by atoms with Crippen LogP contribution in [0.5, 0.6) is 0 Å². The highest BCUT2D eigenvalue weighted by Gasteiger charge is 2.08. The Bertz CT molecular complexity index is 1640. The third-order valence-electron chi connectivity index (χ3n) is 7.43. The predicted octanol–water partition coefficient (Wildman–Crippen LogP) is 6.98. The minimum Gasteiger partial charge on any atom is -0.309 e. The summed E-state index contributed by atoms with van der Waals surface area (Å²) in [4.78, 5) is 0. The first kappa shape index (κ1) is 26.4. The second kappa shape index (κ2) is 13.0. The summed E-state index contributed by atoms with van der Waals surface area (Å²) < 4.78 is 4.44. The number of hydrogen-bond acceptors (Lipinski definition) is 1. The lowest BCUT2D eigenvalue weighted by Gasteiger charge is -2.07. The standard InChI is InChI=1S/C38H35N3/c1-3-7-31(8-4-1)27-39-28-32-11-15-35(16-12-32)36-17-13-34(14-18-36)30-41-25-21-38(22-26-41)37-19-23-40(24-20-37)29-33-9-5-2-6-10-33/h1-26,39H,27-30H2/q+2. The molecule has 0 atom stereocenters. The average molecular weight is 534 g/mol. The molecule has 0 saturated heterocycles. The van der Waals surface area contributed by atoms with Gasteiger partial charge in [-0.2, -0.15) is 0 Å². The van der Waals surface area contributed by atoms with Crippen LogP contribution in [0.4, 0.5) is 0 Å². The maximum atomic E-state index is 3.53. The Balaban J connectivity index is 1.02. The lowest BCUT2D eigenvalue weighted by molar-refractivity contribution is -0.688. The van der Waals surface area contributed by atoms with Crippen LogP contribution in [0.2, 0.25) is 0 Å². The van der Waals surface area contributed by atoms with E-state index in [2.05, 4.69) is 173 Å². The lowest BCUT2D eigenvalue weighted by Crippen LogP contribution is -2.33. The Morgan fingerprint density at radius 1 is 0.341 bits per heavy atom. The smallest absolute Gasteiger partial charge is 0.173 e. The average Bonchev–Trinajstić information content (AvgIpc) is 3.04. The van der Waals surface area contributed by atoms with E-state index in [1.807, 2.05) is 0 Å². The van der Waals surface area contributed by atoms with Crippen LogP contribution in [0.25, 0.3) is 22.3 Å². The molecule has 0 aliphatic rings. The van der Waals surface area contributed by atoms with Crippen LogP contribution in [-0.2, 0) is 26.2 Å². The molecular formula is C38H35N3+2. The largest absolute Gasteiger partial charge is 0.309 e. The van der Waals surface area contributed by atoms with Gasteiger partial charge in [0.15, 0.2) is 37.9 Å². The summed E-state index contributed by atoms with van der Waals surface area (Å²) in [7, 11) is 0. The van der Waals surface area contributed by atoms with Crippen molar-refractivity contribution in [3.8, 4) is 22.3 Å². The van der Waals surface area contributed by atoms with Crippen molar-refractivity contribution in [1.82, 2.24) is 5.32 Å². The fourth-order valence-corrected chi connectivity index (χ4v) is 5.08. The fraction of sp³-hybridized carbons (Fsp3) is 0.105. The molecule has 6 rings (SSSR count). The molecule has 0 radical (unpaired) electrons. The third kappa shape index (κ3) is 7.21. The fourth-order valence-electron chi connectivity index (χ4n) is 5.08. The summed E-state index contributed by atoms with van der Waals surface area (Å²) in [6.45, 7) is 3.47. The summed E-state index contributed by atoms with van der Waals surface area (Å²) in [5, 5.41) is 3.53. The van der Waals surface area contributed by atoms with Crippen LogP contribution in [0.3, 0.4) is 0 Å². The van der Waals surface area contributed by atoms with Gasteiger partial charge < -0.3 is 5.32 Å². The van der Waals surface area contributed by atoms with Gasteiger partial charge in [0.05, 0.1) is 0 Å². The number of pyridine rings is 2. The van der Waals surface area contributed by atoms with Gasteiger partial charge >= 0.3 is 0 Å².